The zero-order valence-electron chi connectivity index (χ0n) is 12.1. The molecule has 1 amide bonds. The molecule has 0 bridgehead atoms. The maximum absolute atomic E-state index is 12.7. The maximum Gasteiger partial charge on any atom is 0.236 e. The topological polar surface area (TPSA) is 55.4 Å². The highest BCUT2D eigenvalue weighted by molar-refractivity contribution is 6.36. The van der Waals surface area contributed by atoms with Gasteiger partial charge in [-0.1, -0.05) is 23.2 Å². The van der Waals surface area contributed by atoms with Crippen LogP contribution in [0.3, 0.4) is 0 Å². The van der Waals surface area contributed by atoms with E-state index in [2.05, 4.69) is 5.32 Å². The van der Waals surface area contributed by atoms with Crippen LogP contribution in [0.15, 0.2) is 12.1 Å². The molecule has 1 aromatic rings. The van der Waals surface area contributed by atoms with Gasteiger partial charge in [0.15, 0.2) is 5.78 Å². The van der Waals surface area contributed by atoms with Crippen molar-refractivity contribution < 1.29 is 14.3 Å². The van der Waals surface area contributed by atoms with Gasteiger partial charge in [-0.15, -0.1) is 0 Å². The van der Waals surface area contributed by atoms with Crippen LogP contribution in [0.25, 0.3) is 0 Å². The first kappa shape index (κ1) is 16.3. The Balaban J connectivity index is 2.42. The van der Waals surface area contributed by atoms with Crippen LogP contribution < -0.4 is 5.32 Å². The van der Waals surface area contributed by atoms with Crippen molar-refractivity contribution in [3.63, 3.8) is 0 Å². The Morgan fingerprint density at radius 2 is 2.00 bits per heavy atom. The summed E-state index contributed by atoms with van der Waals surface area (Å²) in [7, 11) is 1.56. The van der Waals surface area contributed by atoms with Crippen LogP contribution in [0, 0.1) is 6.92 Å². The van der Waals surface area contributed by atoms with Crippen LogP contribution in [-0.2, 0) is 14.3 Å². The summed E-state index contributed by atoms with van der Waals surface area (Å²) < 4.78 is 5.01. The van der Waals surface area contributed by atoms with Gasteiger partial charge in [0, 0.05) is 30.2 Å². The summed E-state index contributed by atoms with van der Waals surface area (Å²) in [5.74, 6) is -1.40. The largest absolute Gasteiger partial charge is 0.385 e. The van der Waals surface area contributed by atoms with E-state index in [0.717, 1.165) is 5.56 Å². The Kier molecular flexibility index (Phi) is 4.61. The summed E-state index contributed by atoms with van der Waals surface area (Å²) in [5, 5.41) is 3.59. The molecule has 0 radical (unpaired) electrons. The number of carbonyl (C=O) groups is 2. The smallest absolute Gasteiger partial charge is 0.236 e. The first-order valence-electron chi connectivity index (χ1n) is 6.61. The molecule has 1 fully saturated rings. The quantitative estimate of drug-likeness (QED) is 0.864. The predicted molar refractivity (Wildman–Crippen MR) is 82.0 cm³/mol. The minimum absolute atomic E-state index is 0.183. The average Bonchev–Trinajstić information content (AvgIpc) is 2.59. The molecule has 6 heteroatoms. The Labute approximate surface area is 133 Å². The molecular formula is C15H17Cl2NO3. The molecule has 21 heavy (non-hydrogen) atoms. The molecule has 1 aliphatic heterocycles. The number of ether oxygens (including phenoxy) is 1. The lowest BCUT2D eigenvalue weighted by Gasteiger charge is -2.22. The SMILES string of the molecule is COCCC1(C)NC(=O)C(c2c(C)cc(Cl)cc2Cl)C1=O. The number of amides is 1. The van der Waals surface area contributed by atoms with Crippen molar-refractivity contribution in [3.8, 4) is 0 Å². The van der Waals surface area contributed by atoms with E-state index < -0.39 is 11.5 Å². The second-order valence-corrected chi connectivity index (χ2v) is 6.32. The predicted octanol–water partition coefficient (Wildman–Crippen LogP) is 2.88. The summed E-state index contributed by atoms with van der Waals surface area (Å²) in [6.45, 7) is 3.90. The fourth-order valence-corrected chi connectivity index (χ4v) is 3.38. The number of methoxy groups -OCH3 is 1. The second-order valence-electron chi connectivity index (χ2n) is 5.48. The number of carbonyl (C=O) groups excluding carboxylic acids is 2. The van der Waals surface area contributed by atoms with Gasteiger partial charge in [0.05, 0.1) is 5.54 Å². The minimum atomic E-state index is -0.923. The Bertz CT molecular complexity index is 580. The Hall–Kier alpha value is -1.10. The number of rotatable bonds is 4. The van der Waals surface area contributed by atoms with E-state index in [1.807, 2.05) is 0 Å². The second kappa shape index (κ2) is 5.95. The van der Waals surface area contributed by atoms with Gasteiger partial charge in [-0.05, 0) is 37.1 Å². The van der Waals surface area contributed by atoms with E-state index in [9.17, 15) is 9.59 Å². The van der Waals surface area contributed by atoms with Crippen molar-refractivity contribution >= 4 is 34.9 Å². The van der Waals surface area contributed by atoms with Crippen molar-refractivity contribution in [2.45, 2.75) is 31.7 Å². The van der Waals surface area contributed by atoms with Crippen LogP contribution in [0.5, 0.6) is 0 Å². The molecule has 2 rings (SSSR count). The van der Waals surface area contributed by atoms with Gasteiger partial charge in [-0.2, -0.15) is 0 Å². The lowest BCUT2D eigenvalue weighted by atomic mass is 9.85. The number of halogens is 2. The highest BCUT2D eigenvalue weighted by atomic mass is 35.5. The van der Waals surface area contributed by atoms with Gasteiger partial charge in [-0.3, -0.25) is 9.59 Å². The molecule has 0 aromatic heterocycles. The molecule has 0 spiro atoms. The molecule has 0 saturated carbocycles. The fourth-order valence-electron chi connectivity index (χ4n) is 2.68. The number of aryl methyl sites for hydroxylation is 1. The minimum Gasteiger partial charge on any atom is -0.385 e. The van der Waals surface area contributed by atoms with Crippen molar-refractivity contribution in [2.24, 2.45) is 0 Å². The molecule has 1 N–H and O–H groups in total. The van der Waals surface area contributed by atoms with Crippen molar-refractivity contribution in [1.82, 2.24) is 5.32 Å². The highest BCUT2D eigenvalue weighted by Crippen LogP contribution is 2.38. The third-order valence-electron chi connectivity index (χ3n) is 3.86. The standard InChI is InChI=1S/C15H17Cl2NO3/c1-8-6-9(16)7-10(17)11(8)12-13(19)15(2,4-5-21-3)18-14(12)20/h6-7,12H,4-5H2,1-3H3,(H,18,20). The number of Topliss-reactive ketones (excluding diaryl/α,β-unsaturated/α-hetero) is 1. The maximum atomic E-state index is 12.7. The normalized spacial score (nSPS) is 25.3. The fraction of sp³-hybridized carbons (Fsp3) is 0.467. The van der Waals surface area contributed by atoms with Gasteiger partial charge in [0.1, 0.15) is 5.92 Å². The summed E-state index contributed by atoms with van der Waals surface area (Å²) in [4.78, 5) is 25.0. The number of nitrogens with one attached hydrogen (secondary N) is 1. The molecule has 1 aliphatic rings. The molecule has 2 atom stereocenters. The monoisotopic (exact) mass is 329 g/mol. The van der Waals surface area contributed by atoms with Crippen LogP contribution >= 0.6 is 23.2 Å². The molecular weight excluding hydrogens is 313 g/mol. The third-order valence-corrected chi connectivity index (χ3v) is 4.39. The van der Waals surface area contributed by atoms with E-state index in [0.29, 0.717) is 28.6 Å². The number of hydrogen-bond donors (Lipinski definition) is 1. The van der Waals surface area contributed by atoms with Gasteiger partial charge in [0.2, 0.25) is 5.91 Å². The lowest BCUT2D eigenvalue weighted by Crippen LogP contribution is -2.44. The molecule has 2 unspecified atom stereocenters. The van der Waals surface area contributed by atoms with Crippen LogP contribution in [0.4, 0.5) is 0 Å². The van der Waals surface area contributed by atoms with Crippen molar-refractivity contribution in [3.05, 3.63) is 33.3 Å². The summed E-state index contributed by atoms with van der Waals surface area (Å²) in [5.41, 5.74) is 0.342. The molecule has 0 aliphatic carbocycles. The molecule has 1 heterocycles. The first-order chi connectivity index (χ1) is 9.80. The summed E-state index contributed by atoms with van der Waals surface area (Å²) in [6.07, 6.45) is 0.425. The van der Waals surface area contributed by atoms with Gasteiger partial charge in [-0.25, -0.2) is 0 Å². The van der Waals surface area contributed by atoms with Gasteiger partial charge >= 0.3 is 0 Å². The van der Waals surface area contributed by atoms with Crippen molar-refractivity contribution in [2.75, 3.05) is 13.7 Å². The number of ketones is 1. The molecule has 1 aromatic carbocycles. The van der Waals surface area contributed by atoms with E-state index in [1.54, 1.807) is 33.1 Å². The van der Waals surface area contributed by atoms with E-state index in [4.69, 9.17) is 27.9 Å². The van der Waals surface area contributed by atoms with E-state index >= 15 is 0 Å². The molecule has 114 valence electrons. The third kappa shape index (κ3) is 2.93. The lowest BCUT2D eigenvalue weighted by molar-refractivity contribution is -0.125. The van der Waals surface area contributed by atoms with Crippen LogP contribution in [-0.4, -0.2) is 30.9 Å². The van der Waals surface area contributed by atoms with Gasteiger partial charge in [0.25, 0.3) is 0 Å². The molecule has 4 nitrogen and oxygen atoms in total. The van der Waals surface area contributed by atoms with Crippen LogP contribution in [0.2, 0.25) is 10.0 Å². The van der Waals surface area contributed by atoms with Crippen LogP contribution in [0.1, 0.15) is 30.4 Å². The van der Waals surface area contributed by atoms with E-state index in [-0.39, 0.29) is 11.7 Å². The van der Waals surface area contributed by atoms with E-state index in [1.165, 1.54) is 0 Å². The molecule has 1 saturated heterocycles. The Morgan fingerprint density at radius 1 is 1.33 bits per heavy atom. The number of hydrogen-bond acceptors (Lipinski definition) is 3. The average molecular weight is 330 g/mol. The van der Waals surface area contributed by atoms with Crippen molar-refractivity contribution in [1.29, 1.82) is 0 Å². The first-order valence-corrected chi connectivity index (χ1v) is 7.36. The summed E-state index contributed by atoms with van der Waals surface area (Å²) >= 11 is 12.1. The highest BCUT2D eigenvalue weighted by Gasteiger charge is 2.50. The zero-order chi connectivity index (χ0) is 15.8. The summed E-state index contributed by atoms with van der Waals surface area (Å²) in [6, 6.07) is 3.25. The Morgan fingerprint density at radius 3 is 2.57 bits per heavy atom. The van der Waals surface area contributed by atoms with Gasteiger partial charge < -0.3 is 10.1 Å². The zero-order valence-corrected chi connectivity index (χ0v) is 13.6. The number of benzene rings is 1.